The van der Waals surface area contributed by atoms with Crippen LogP contribution in [0.2, 0.25) is 0 Å². The number of hydrogen-bond donors (Lipinski definition) is 2. The van der Waals surface area contributed by atoms with Gasteiger partial charge in [0.2, 0.25) is 0 Å². The van der Waals surface area contributed by atoms with Gasteiger partial charge < -0.3 is 10.4 Å². The van der Waals surface area contributed by atoms with Crippen molar-refractivity contribution in [2.24, 2.45) is 0 Å². The van der Waals surface area contributed by atoms with E-state index in [0.29, 0.717) is 11.8 Å². The van der Waals surface area contributed by atoms with Crippen LogP contribution in [-0.4, -0.2) is 41.7 Å². The van der Waals surface area contributed by atoms with Gasteiger partial charge in [0, 0.05) is 11.6 Å². The third-order valence-corrected chi connectivity index (χ3v) is 4.65. The van der Waals surface area contributed by atoms with Crippen molar-refractivity contribution in [1.82, 2.24) is 10.2 Å². The lowest BCUT2D eigenvalue weighted by Gasteiger charge is -2.46. The molecular weight excluding hydrogens is 248 g/mol. The minimum Gasteiger partial charge on any atom is -0.508 e. The van der Waals surface area contributed by atoms with E-state index < -0.39 is 0 Å². The summed E-state index contributed by atoms with van der Waals surface area (Å²) in [6.45, 7) is 11.1. The molecule has 0 aliphatic rings. The normalized spacial score (nSPS) is 16.1. The Morgan fingerprint density at radius 2 is 1.90 bits per heavy atom. The van der Waals surface area contributed by atoms with E-state index >= 15 is 0 Å². The molecule has 3 heteroatoms. The van der Waals surface area contributed by atoms with Gasteiger partial charge in [0.15, 0.2) is 0 Å². The maximum atomic E-state index is 9.63. The smallest absolute Gasteiger partial charge is 0.115 e. The van der Waals surface area contributed by atoms with Gasteiger partial charge in [-0.25, -0.2) is 0 Å². The Hall–Kier alpha value is -1.06. The summed E-state index contributed by atoms with van der Waals surface area (Å²) in [7, 11) is 2.03. The number of nitrogens with one attached hydrogen (secondary N) is 1. The van der Waals surface area contributed by atoms with E-state index in [1.54, 1.807) is 6.07 Å². The van der Waals surface area contributed by atoms with Crippen molar-refractivity contribution < 1.29 is 5.11 Å². The Balaban J connectivity index is 2.97. The standard InChI is InChI=1S/C17H30N2O/c1-6-17(4,19(7-2)8-3)16(18-5)13-14-10-9-11-15(20)12-14/h9-12,16,18,20H,6-8,13H2,1-5H3. The van der Waals surface area contributed by atoms with Crippen molar-refractivity contribution in [1.29, 1.82) is 0 Å². The Bertz CT molecular complexity index is 404. The Kier molecular flexibility index (Phi) is 6.50. The molecule has 0 aliphatic carbocycles. The van der Waals surface area contributed by atoms with Crippen LogP contribution in [0.25, 0.3) is 0 Å². The fourth-order valence-electron chi connectivity index (χ4n) is 3.19. The van der Waals surface area contributed by atoms with Crippen molar-refractivity contribution in [3.63, 3.8) is 0 Å². The molecule has 2 unspecified atom stereocenters. The second kappa shape index (κ2) is 7.65. The third kappa shape index (κ3) is 3.74. The SMILES string of the molecule is CCN(CC)C(C)(CC)C(Cc1cccc(O)c1)NC. The summed E-state index contributed by atoms with van der Waals surface area (Å²) in [5.41, 5.74) is 1.29. The van der Waals surface area contributed by atoms with Crippen LogP contribution < -0.4 is 5.32 Å². The summed E-state index contributed by atoms with van der Waals surface area (Å²) >= 11 is 0. The molecule has 0 bridgehead atoms. The fraction of sp³-hybridized carbons (Fsp3) is 0.647. The van der Waals surface area contributed by atoms with Gasteiger partial charge in [-0.3, -0.25) is 4.90 Å². The summed E-state index contributed by atoms with van der Waals surface area (Å²) in [6.07, 6.45) is 2.02. The molecule has 0 fully saturated rings. The topological polar surface area (TPSA) is 35.5 Å². The highest BCUT2D eigenvalue weighted by atomic mass is 16.3. The predicted molar refractivity (Wildman–Crippen MR) is 86.3 cm³/mol. The molecule has 0 saturated heterocycles. The summed E-state index contributed by atoms with van der Waals surface area (Å²) in [6, 6.07) is 7.94. The van der Waals surface area contributed by atoms with Gasteiger partial charge in [-0.15, -0.1) is 0 Å². The number of benzene rings is 1. The molecule has 0 radical (unpaired) electrons. The molecule has 0 aliphatic heterocycles. The lowest BCUT2D eigenvalue weighted by molar-refractivity contribution is 0.0730. The zero-order valence-corrected chi connectivity index (χ0v) is 13.6. The second-order valence-corrected chi connectivity index (χ2v) is 5.60. The number of hydrogen-bond acceptors (Lipinski definition) is 3. The molecule has 0 aromatic heterocycles. The molecular formula is C17H30N2O. The van der Waals surface area contributed by atoms with Gasteiger partial charge >= 0.3 is 0 Å². The first-order chi connectivity index (χ1) is 9.51. The minimum absolute atomic E-state index is 0.115. The number of phenols is 1. The molecule has 0 amide bonds. The van der Waals surface area contributed by atoms with Crippen molar-refractivity contribution in [2.75, 3.05) is 20.1 Å². The lowest BCUT2D eigenvalue weighted by Crippen LogP contribution is -2.59. The Labute approximate surface area is 124 Å². The highest BCUT2D eigenvalue weighted by Crippen LogP contribution is 2.26. The highest BCUT2D eigenvalue weighted by Gasteiger charge is 2.35. The average molecular weight is 278 g/mol. The van der Waals surface area contributed by atoms with Crippen molar-refractivity contribution >= 4 is 0 Å². The quantitative estimate of drug-likeness (QED) is 0.767. The first kappa shape index (κ1) is 17.0. The van der Waals surface area contributed by atoms with E-state index in [-0.39, 0.29) is 5.54 Å². The first-order valence-electron chi connectivity index (χ1n) is 7.72. The largest absolute Gasteiger partial charge is 0.508 e. The van der Waals surface area contributed by atoms with Crippen molar-refractivity contribution in [3.05, 3.63) is 29.8 Å². The predicted octanol–water partition coefficient (Wildman–Crippen LogP) is 3.03. The van der Waals surface area contributed by atoms with Crippen LogP contribution in [0.5, 0.6) is 5.75 Å². The summed E-state index contributed by atoms with van der Waals surface area (Å²) in [4.78, 5) is 2.52. The van der Waals surface area contributed by atoms with Crippen LogP contribution in [0.4, 0.5) is 0 Å². The van der Waals surface area contributed by atoms with E-state index in [0.717, 1.165) is 25.9 Å². The van der Waals surface area contributed by atoms with Crippen LogP contribution in [0, 0.1) is 0 Å². The van der Waals surface area contributed by atoms with Crippen LogP contribution in [0.3, 0.4) is 0 Å². The van der Waals surface area contributed by atoms with Crippen molar-refractivity contribution in [2.45, 2.75) is 52.1 Å². The Morgan fingerprint density at radius 1 is 1.25 bits per heavy atom. The zero-order valence-electron chi connectivity index (χ0n) is 13.6. The number of nitrogens with zero attached hydrogens (tertiary/aromatic N) is 1. The van der Waals surface area contributed by atoms with Crippen LogP contribution in [0.15, 0.2) is 24.3 Å². The maximum Gasteiger partial charge on any atom is 0.115 e. The summed E-state index contributed by atoms with van der Waals surface area (Å²) < 4.78 is 0. The average Bonchev–Trinajstić information content (AvgIpc) is 2.45. The van der Waals surface area contributed by atoms with E-state index in [9.17, 15) is 5.11 Å². The molecule has 0 spiro atoms. The fourth-order valence-corrected chi connectivity index (χ4v) is 3.19. The van der Waals surface area contributed by atoms with Gasteiger partial charge in [0.1, 0.15) is 5.75 Å². The van der Waals surface area contributed by atoms with Gasteiger partial charge in [-0.2, -0.15) is 0 Å². The molecule has 3 nitrogen and oxygen atoms in total. The molecule has 2 atom stereocenters. The molecule has 1 aromatic rings. The number of aromatic hydroxyl groups is 1. The van der Waals surface area contributed by atoms with E-state index in [4.69, 9.17) is 0 Å². The molecule has 0 heterocycles. The molecule has 0 saturated carbocycles. The summed E-state index contributed by atoms with van der Waals surface area (Å²) in [5, 5.41) is 13.1. The molecule has 114 valence electrons. The monoisotopic (exact) mass is 278 g/mol. The number of likely N-dealkylation sites (N-methyl/N-ethyl adjacent to an activating group) is 2. The third-order valence-electron chi connectivity index (χ3n) is 4.65. The molecule has 20 heavy (non-hydrogen) atoms. The van der Waals surface area contributed by atoms with Crippen LogP contribution in [-0.2, 0) is 6.42 Å². The van der Waals surface area contributed by atoms with Gasteiger partial charge in [0.05, 0.1) is 0 Å². The minimum atomic E-state index is 0.115. The zero-order chi connectivity index (χ0) is 15.2. The van der Waals surface area contributed by atoms with Gasteiger partial charge in [-0.05, 0) is 57.6 Å². The van der Waals surface area contributed by atoms with Crippen molar-refractivity contribution in [3.8, 4) is 5.75 Å². The second-order valence-electron chi connectivity index (χ2n) is 5.60. The van der Waals surface area contributed by atoms with E-state index in [1.807, 2.05) is 19.2 Å². The molecule has 1 rings (SSSR count). The first-order valence-corrected chi connectivity index (χ1v) is 7.72. The van der Waals surface area contributed by atoms with E-state index in [2.05, 4.69) is 44.0 Å². The lowest BCUT2D eigenvalue weighted by atomic mass is 9.83. The molecule has 1 aromatic carbocycles. The number of phenolic OH excluding ortho intramolecular Hbond substituents is 1. The molecule has 2 N–H and O–H groups in total. The van der Waals surface area contributed by atoms with Crippen LogP contribution in [0.1, 0.15) is 39.7 Å². The maximum absolute atomic E-state index is 9.63. The van der Waals surface area contributed by atoms with Gasteiger partial charge in [0.25, 0.3) is 0 Å². The number of rotatable bonds is 8. The summed E-state index contributed by atoms with van der Waals surface area (Å²) in [5.74, 6) is 0.346. The Morgan fingerprint density at radius 3 is 2.35 bits per heavy atom. The van der Waals surface area contributed by atoms with Crippen LogP contribution >= 0.6 is 0 Å². The van der Waals surface area contributed by atoms with E-state index in [1.165, 1.54) is 5.56 Å². The van der Waals surface area contributed by atoms with Gasteiger partial charge in [-0.1, -0.05) is 32.9 Å². The highest BCUT2D eigenvalue weighted by molar-refractivity contribution is 5.28.